The van der Waals surface area contributed by atoms with Crippen molar-refractivity contribution in [1.82, 2.24) is 4.98 Å². The van der Waals surface area contributed by atoms with E-state index in [0.717, 1.165) is 0 Å². The molecule has 7 heteroatoms. The predicted octanol–water partition coefficient (Wildman–Crippen LogP) is 0.965. The quantitative estimate of drug-likeness (QED) is 0.894. The number of sulfone groups is 1. The van der Waals surface area contributed by atoms with Crippen LogP contribution in [0, 0.1) is 0 Å². The molecule has 1 unspecified atom stereocenters. The molecule has 1 N–H and O–H groups in total. The minimum absolute atomic E-state index is 0.0768. The fraction of sp³-hybridized carbons (Fsp3) is 0.538. The van der Waals surface area contributed by atoms with Crippen LogP contribution in [0.15, 0.2) is 12.1 Å². The normalized spacial score (nSPS) is 21.7. The molecule has 1 fully saturated rings. The van der Waals surface area contributed by atoms with Crippen molar-refractivity contribution in [1.29, 1.82) is 0 Å². The highest BCUT2D eigenvalue weighted by atomic mass is 32.2. The zero-order valence-electron chi connectivity index (χ0n) is 11.5. The SMILES string of the molecule is CCc1cc(C(=O)O)cc(N2CCS(=O)(=O)CC2C)n1. The van der Waals surface area contributed by atoms with Crippen LogP contribution in [0.5, 0.6) is 0 Å². The van der Waals surface area contributed by atoms with Crippen LogP contribution in [-0.2, 0) is 16.3 Å². The van der Waals surface area contributed by atoms with Gasteiger partial charge in [-0.25, -0.2) is 18.2 Å². The molecule has 1 aliphatic heterocycles. The van der Waals surface area contributed by atoms with E-state index in [1.54, 1.807) is 6.07 Å². The van der Waals surface area contributed by atoms with Gasteiger partial charge in [0.1, 0.15) is 5.82 Å². The van der Waals surface area contributed by atoms with E-state index in [1.165, 1.54) is 6.07 Å². The van der Waals surface area contributed by atoms with E-state index >= 15 is 0 Å². The lowest BCUT2D eigenvalue weighted by molar-refractivity contribution is 0.0696. The van der Waals surface area contributed by atoms with Crippen molar-refractivity contribution in [3.8, 4) is 0 Å². The maximum Gasteiger partial charge on any atom is 0.335 e. The van der Waals surface area contributed by atoms with Crippen LogP contribution in [0.25, 0.3) is 0 Å². The van der Waals surface area contributed by atoms with E-state index in [2.05, 4.69) is 4.98 Å². The Morgan fingerprint density at radius 3 is 2.75 bits per heavy atom. The van der Waals surface area contributed by atoms with Crippen molar-refractivity contribution in [2.75, 3.05) is 23.0 Å². The standard InChI is InChI=1S/C13H18N2O4S/c1-3-11-6-10(13(16)17)7-12(14-11)15-4-5-20(18,19)8-9(15)2/h6-7,9H,3-5,8H2,1-2H3,(H,16,17). The maximum absolute atomic E-state index is 11.6. The largest absolute Gasteiger partial charge is 0.478 e. The second-order valence-corrected chi connectivity index (χ2v) is 7.25. The van der Waals surface area contributed by atoms with Crippen LogP contribution in [0.3, 0.4) is 0 Å². The number of carboxylic acid groups (broad SMARTS) is 1. The molecule has 1 saturated heterocycles. The summed E-state index contributed by atoms with van der Waals surface area (Å²) in [6, 6.07) is 2.86. The van der Waals surface area contributed by atoms with Crippen LogP contribution in [0.2, 0.25) is 0 Å². The summed E-state index contributed by atoms with van der Waals surface area (Å²) in [7, 11) is -3.00. The predicted molar refractivity (Wildman–Crippen MR) is 76.0 cm³/mol. The van der Waals surface area contributed by atoms with Crippen molar-refractivity contribution < 1.29 is 18.3 Å². The summed E-state index contributed by atoms with van der Waals surface area (Å²) in [5, 5.41) is 9.13. The summed E-state index contributed by atoms with van der Waals surface area (Å²) in [6.45, 7) is 4.07. The van der Waals surface area contributed by atoms with Gasteiger partial charge in [-0.2, -0.15) is 0 Å². The Kier molecular flexibility index (Phi) is 3.99. The molecule has 0 amide bonds. The van der Waals surface area contributed by atoms with E-state index in [0.29, 0.717) is 24.5 Å². The highest BCUT2D eigenvalue weighted by Crippen LogP contribution is 2.22. The van der Waals surface area contributed by atoms with Gasteiger partial charge in [0.25, 0.3) is 0 Å². The van der Waals surface area contributed by atoms with Crippen LogP contribution >= 0.6 is 0 Å². The molecule has 0 spiro atoms. The lowest BCUT2D eigenvalue weighted by Gasteiger charge is -2.34. The first-order valence-electron chi connectivity index (χ1n) is 6.53. The second kappa shape index (κ2) is 5.40. The molecule has 1 aromatic heterocycles. The zero-order valence-corrected chi connectivity index (χ0v) is 12.4. The number of carbonyl (C=O) groups is 1. The Labute approximate surface area is 118 Å². The molecule has 1 atom stereocenters. The smallest absolute Gasteiger partial charge is 0.335 e. The zero-order chi connectivity index (χ0) is 14.9. The number of pyridine rings is 1. The van der Waals surface area contributed by atoms with Crippen LogP contribution < -0.4 is 4.90 Å². The summed E-state index contributed by atoms with van der Waals surface area (Å²) in [5.74, 6) is -0.296. The number of hydrogen-bond acceptors (Lipinski definition) is 5. The Morgan fingerprint density at radius 1 is 1.50 bits per heavy atom. The Hall–Kier alpha value is -1.63. The van der Waals surface area contributed by atoms with Gasteiger partial charge < -0.3 is 10.0 Å². The van der Waals surface area contributed by atoms with Crippen LogP contribution in [0.4, 0.5) is 5.82 Å². The number of anilines is 1. The van der Waals surface area contributed by atoms with E-state index in [9.17, 15) is 13.2 Å². The van der Waals surface area contributed by atoms with Gasteiger partial charge in [-0.15, -0.1) is 0 Å². The molecule has 0 aromatic carbocycles. The van der Waals surface area contributed by atoms with E-state index < -0.39 is 15.8 Å². The summed E-state index contributed by atoms with van der Waals surface area (Å²) in [6.07, 6.45) is 0.634. The van der Waals surface area contributed by atoms with Crippen molar-refractivity contribution >= 4 is 21.6 Å². The highest BCUT2D eigenvalue weighted by Gasteiger charge is 2.29. The van der Waals surface area contributed by atoms with Crippen molar-refractivity contribution in [2.24, 2.45) is 0 Å². The van der Waals surface area contributed by atoms with Crippen molar-refractivity contribution in [3.63, 3.8) is 0 Å². The molecule has 2 rings (SSSR count). The Morgan fingerprint density at radius 2 is 2.20 bits per heavy atom. The van der Waals surface area contributed by atoms with E-state index in [4.69, 9.17) is 5.11 Å². The van der Waals surface area contributed by atoms with E-state index in [-0.39, 0.29) is 23.1 Å². The first-order chi connectivity index (χ1) is 9.32. The number of rotatable bonds is 3. The second-order valence-electron chi connectivity index (χ2n) is 5.02. The van der Waals surface area contributed by atoms with Crippen LogP contribution in [0.1, 0.15) is 29.9 Å². The first-order valence-corrected chi connectivity index (χ1v) is 8.36. The lowest BCUT2D eigenvalue weighted by Crippen LogP contribution is -2.47. The molecular weight excluding hydrogens is 280 g/mol. The number of nitrogens with zero attached hydrogens (tertiary/aromatic N) is 2. The molecule has 110 valence electrons. The third kappa shape index (κ3) is 3.09. The average molecular weight is 298 g/mol. The number of aromatic nitrogens is 1. The summed E-state index contributed by atoms with van der Waals surface area (Å²) in [4.78, 5) is 17.4. The number of hydrogen-bond donors (Lipinski definition) is 1. The van der Waals surface area contributed by atoms with Gasteiger partial charge in [-0.05, 0) is 25.5 Å². The number of aromatic carboxylic acids is 1. The lowest BCUT2D eigenvalue weighted by atomic mass is 10.1. The topological polar surface area (TPSA) is 87.6 Å². The van der Waals surface area contributed by atoms with E-state index in [1.807, 2.05) is 18.7 Å². The summed E-state index contributed by atoms with van der Waals surface area (Å²) in [5.41, 5.74) is 0.882. The molecule has 20 heavy (non-hydrogen) atoms. The molecule has 1 aliphatic rings. The molecule has 2 heterocycles. The third-order valence-corrected chi connectivity index (χ3v) is 5.23. The molecule has 0 aliphatic carbocycles. The first kappa shape index (κ1) is 14.8. The molecule has 0 saturated carbocycles. The molecule has 6 nitrogen and oxygen atoms in total. The molecule has 0 bridgehead atoms. The minimum atomic E-state index is -3.00. The van der Waals surface area contributed by atoms with Gasteiger partial charge in [0, 0.05) is 18.3 Å². The Balaban J connectivity index is 2.37. The van der Waals surface area contributed by atoms with Crippen LogP contribution in [-0.4, -0.2) is 48.6 Å². The van der Waals surface area contributed by atoms with Gasteiger partial charge in [0.15, 0.2) is 9.84 Å². The molecule has 0 radical (unpaired) electrons. The molecular formula is C13H18N2O4S. The number of carboxylic acids is 1. The van der Waals surface area contributed by atoms with Gasteiger partial charge >= 0.3 is 5.97 Å². The minimum Gasteiger partial charge on any atom is -0.478 e. The Bertz CT molecular complexity index is 627. The fourth-order valence-electron chi connectivity index (χ4n) is 2.36. The van der Waals surface area contributed by atoms with Gasteiger partial charge in [0.05, 0.1) is 17.1 Å². The summed E-state index contributed by atoms with van der Waals surface area (Å²) < 4.78 is 23.2. The summed E-state index contributed by atoms with van der Waals surface area (Å²) >= 11 is 0. The van der Waals surface area contributed by atoms with Gasteiger partial charge in [0.2, 0.25) is 0 Å². The monoisotopic (exact) mass is 298 g/mol. The highest BCUT2D eigenvalue weighted by molar-refractivity contribution is 7.91. The van der Waals surface area contributed by atoms with Crippen molar-refractivity contribution in [2.45, 2.75) is 26.3 Å². The third-order valence-electron chi connectivity index (χ3n) is 3.44. The maximum atomic E-state index is 11.6. The fourth-order valence-corrected chi connectivity index (χ4v) is 3.92. The number of aryl methyl sites for hydroxylation is 1. The average Bonchev–Trinajstić information content (AvgIpc) is 2.37. The van der Waals surface area contributed by atoms with Gasteiger partial charge in [-0.3, -0.25) is 0 Å². The molecule has 1 aromatic rings. The van der Waals surface area contributed by atoms with Gasteiger partial charge in [-0.1, -0.05) is 6.92 Å². The van der Waals surface area contributed by atoms with Crippen molar-refractivity contribution in [3.05, 3.63) is 23.4 Å².